The van der Waals surface area contributed by atoms with Gasteiger partial charge in [0.15, 0.2) is 0 Å². The van der Waals surface area contributed by atoms with Gasteiger partial charge in [-0.2, -0.15) is 0 Å². The average molecular weight is 395 g/mol. The van der Waals surface area contributed by atoms with Crippen LogP contribution in [0.5, 0.6) is 11.5 Å². The number of nitrogens with one attached hydrogen (secondary N) is 1. The number of carboxylic acid groups (broad SMARTS) is 1. The third-order valence-corrected chi connectivity index (χ3v) is 4.98. The molecular formula is C21H21N3O5. The molecule has 29 heavy (non-hydrogen) atoms. The van der Waals surface area contributed by atoms with Crippen molar-refractivity contribution in [2.45, 2.75) is 25.5 Å². The van der Waals surface area contributed by atoms with Crippen LogP contribution in [0.3, 0.4) is 0 Å². The molecule has 1 atom stereocenters. The molecule has 4 rings (SSSR count). The van der Waals surface area contributed by atoms with E-state index < -0.39 is 6.09 Å². The highest BCUT2D eigenvalue weighted by molar-refractivity contribution is 5.85. The van der Waals surface area contributed by atoms with Crippen molar-refractivity contribution in [3.8, 4) is 11.5 Å². The van der Waals surface area contributed by atoms with Gasteiger partial charge in [-0.15, -0.1) is 0 Å². The van der Waals surface area contributed by atoms with Crippen LogP contribution in [-0.4, -0.2) is 45.3 Å². The number of rotatable bonds is 6. The third-order valence-electron chi connectivity index (χ3n) is 4.98. The number of H-pyrrole nitrogens is 1. The molecule has 1 amide bonds. The summed E-state index contributed by atoms with van der Waals surface area (Å²) < 4.78 is 11.8. The van der Waals surface area contributed by atoms with Gasteiger partial charge in [0, 0.05) is 18.7 Å². The second-order valence-electron chi connectivity index (χ2n) is 6.90. The van der Waals surface area contributed by atoms with Crippen LogP contribution in [0.2, 0.25) is 0 Å². The van der Waals surface area contributed by atoms with Crippen molar-refractivity contribution >= 4 is 17.0 Å². The van der Waals surface area contributed by atoms with Crippen molar-refractivity contribution in [3.63, 3.8) is 0 Å². The van der Waals surface area contributed by atoms with Crippen LogP contribution in [0, 0.1) is 0 Å². The number of aromatic nitrogens is 2. The van der Waals surface area contributed by atoms with E-state index in [1.54, 1.807) is 12.1 Å². The second-order valence-corrected chi connectivity index (χ2v) is 6.90. The van der Waals surface area contributed by atoms with E-state index in [0.29, 0.717) is 35.6 Å². The van der Waals surface area contributed by atoms with Gasteiger partial charge in [-0.3, -0.25) is 4.79 Å². The van der Waals surface area contributed by atoms with Crippen molar-refractivity contribution in [2.24, 2.45) is 0 Å². The molecule has 8 heteroatoms. The Labute approximate surface area is 166 Å². The van der Waals surface area contributed by atoms with E-state index in [4.69, 9.17) is 9.47 Å². The van der Waals surface area contributed by atoms with E-state index in [2.05, 4.69) is 9.97 Å². The second kappa shape index (κ2) is 8.22. The molecule has 1 aliphatic rings. The minimum absolute atomic E-state index is 0.165. The first-order valence-electron chi connectivity index (χ1n) is 9.42. The third kappa shape index (κ3) is 4.16. The molecule has 0 spiro atoms. The summed E-state index contributed by atoms with van der Waals surface area (Å²) in [5, 5.41) is 9.62. The summed E-state index contributed by atoms with van der Waals surface area (Å²) in [6.07, 6.45) is 1.89. The Balaban J connectivity index is 1.59. The summed E-state index contributed by atoms with van der Waals surface area (Å²) in [5.74, 6) is 0.855. The fraction of sp³-hybridized carbons (Fsp3) is 0.286. The lowest BCUT2D eigenvalue weighted by atomic mass is 10.2. The fourth-order valence-electron chi connectivity index (χ4n) is 3.52. The highest BCUT2D eigenvalue weighted by Crippen LogP contribution is 2.29. The molecule has 1 fully saturated rings. The van der Waals surface area contributed by atoms with Gasteiger partial charge in [-0.1, -0.05) is 30.3 Å². The lowest BCUT2D eigenvalue weighted by Crippen LogP contribution is -2.38. The van der Waals surface area contributed by atoms with Crippen LogP contribution < -0.4 is 15.0 Å². The Hall–Kier alpha value is -3.55. The van der Waals surface area contributed by atoms with E-state index >= 15 is 0 Å². The average Bonchev–Trinajstić information content (AvgIpc) is 3.20. The monoisotopic (exact) mass is 395 g/mol. The Morgan fingerprint density at radius 3 is 2.86 bits per heavy atom. The molecule has 0 radical (unpaired) electrons. The van der Waals surface area contributed by atoms with Gasteiger partial charge in [0.1, 0.15) is 30.1 Å². The lowest BCUT2D eigenvalue weighted by molar-refractivity contribution is 0.123. The van der Waals surface area contributed by atoms with E-state index in [0.717, 1.165) is 18.4 Å². The van der Waals surface area contributed by atoms with E-state index in [9.17, 15) is 14.7 Å². The number of hydrogen-bond donors (Lipinski definition) is 2. The molecule has 2 heterocycles. The van der Waals surface area contributed by atoms with Crippen LogP contribution in [0.25, 0.3) is 10.9 Å². The molecule has 0 aliphatic carbocycles. The maximum absolute atomic E-state index is 12.3. The summed E-state index contributed by atoms with van der Waals surface area (Å²) in [7, 11) is 0. The lowest BCUT2D eigenvalue weighted by Gasteiger charge is -2.22. The summed E-state index contributed by atoms with van der Waals surface area (Å²) >= 11 is 0. The molecule has 1 aromatic heterocycles. The standard InChI is InChI=1S/C21H21N3O5/c25-20-19-17(22-13-23-20)9-16(28-11-14-5-2-1-3-6-14)10-18(19)29-12-15-7-4-8-24(15)21(26)27/h1-3,5-6,9-10,13,15H,4,7-8,11-12H2,(H,26,27)(H,22,23,25)/t15-/m1/s1. The molecular weight excluding hydrogens is 374 g/mol. The fourth-order valence-corrected chi connectivity index (χ4v) is 3.52. The molecule has 0 unspecified atom stereocenters. The van der Waals surface area contributed by atoms with E-state index in [1.165, 1.54) is 11.2 Å². The van der Waals surface area contributed by atoms with Gasteiger partial charge in [-0.25, -0.2) is 9.78 Å². The zero-order valence-electron chi connectivity index (χ0n) is 15.7. The summed E-state index contributed by atoms with van der Waals surface area (Å²) in [6.45, 7) is 1.02. The largest absolute Gasteiger partial charge is 0.490 e. The Kier molecular flexibility index (Phi) is 5.33. The van der Waals surface area contributed by atoms with Crippen molar-refractivity contribution in [1.29, 1.82) is 0 Å². The molecule has 1 saturated heterocycles. The van der Waals surface area contributed by atoms with Crippen LogP contribution in [0.4, 0.5) is 4.79 Å². The van der Waals surface area contributed by atoms with Gasteiger partial charge in [0.25, 0.3) is 5.56 Å². The zero-order chi connectivity index (χ0) is 20.2. The smallest absolute Gasteiger partial charge is 0.407 e. The van der Waals surface area contributed by atoms with Gasteiger partial charge in [-0.05, 0) is 18.4 Å². The predicted octanol–water partition coefficient (Wildman–Crippen LogP) is 3.02. The molecule has 0 bridgehead atoms. The number of benzene rings is 2. The van der Waals surface area contributed by atoms with Crippen LogP contribution >= 0.6 is 0 Å². The Morgan fingerprint density at radius 1 is 1.24 bits per heavy atom. The van der Waals surface area contributed by atoms with Crippen molar-refractivity contribution in [2.75, 3.05) is 13.2 Å². The molecule has 8 nitrogen and oxygen atoms in total. The first-order valence-corrected chi connectivity index (χ1v) is 9.42. The van der Waals surface area contributed by atoms with Crippen molar-refractivity contribution in [3.05, 3.63) is 64.7 Å². The van der Waals surface area contributed by atoms with Gasteiger partial charge in [0.05, 0.1) is 17.9 Å². The topological polar surface area (TPSA) is 105 Å². The normalized spacial score (nSPS) is 16.1. The summed E-state index contributed by atoms with van der Waals surface area (Å²) in [4.78, 5) is 31.8. The van der Waals surface area contributed by atoms with Gasteiger partial charge < -0.3 is 24.5 Å². The first kappa shape index (κ1) is 18.8. The molecule has 2 aromatic carbocycles. The van der Waals surface area contributed by atoms with Crippen LogP contribution in [0.15, 0.2) is 53.6 Å². The minimum atomic E-state index is -0.958. The Bertz CT molecular complexity index is 1070. The maximum Gasteiger partial charge on any atom is 0.407 e. The van der Waals surface area contributed by atoms with Crippen molar-refractivity contribution in [1.82, 2.24) is 14.9 Å². The molecule has 3 aromatic rings. The molecule has 0 saturated carbocycles. The number of carbonyl (C=O) groups is 1. The SMILES string of the molecule is O=C(O)N1CCC[C@@H]1COc1cc(OCc2ccccc2)cc2nc[nH]c(=O)c12. The number of hydrogen-bond acceptors (Lipinski definition) is 5. The van der Waals surface area contributed by atoms with Crippen LogP contribution in [-0.2, 0) is 6.61 Å². The van der Waals surface area contributed by atoms with E-state index in [1.807, 2.05) is 30.3 Å². The summed E-state index contributed by atoms with van der Waals surface area (Å²) in [6, 6.07) is 12.8. The number of amides is 1. The molecule has 2 N–H and O–H groups in total. The zero-order valence-corrected chi connectivity index (χ0v) is 15.7. The van der Waals surface area contributed by atoms with Crippen molar-refractivity contribution < 1.29 is 19.4 Å². The Morgan fingerprint density at radius 2 is 2.07 bits per heavy atom. The molecule has 150 valence electrons. The number of ether oxygens (including phenoxy) is 2. The summed E-state index contributed by atoms with van der Waals surface area (Å²) in [5.41, 5.74) is 1.15. The predicted molar refractivity (Wildman–Crippen MR) is 106 cm³/mol. The first-order chi connectivity index (χ1) is 14.1. The number of nitrogens with zero attached hydrogens (tertiary/aromatic N) is 2. The van der Waals surface area contributed by atoms with Gasteiger partial charge in [0.2, 0.25) is 0 Å². The minimum Gasteiger partial charge on any atom is -0.490 e. The molecule has 1 aliphatic heterocycles. The van der Waals surface area contributed by atoms with Crippen LogP contribution in [0.1, 0.15) is 18.4 Å². The highest BCUT2D eigenvalue weighted by atomic mass is 16.5. The van der Waals surface area contributed by atoms with Gasteiger partial charge >= 0.3 is 6.09 Å². The number of likely N-dealkylation sites (tertiary alicyclic amines) is 1. The number of aromatic amines is 1. The quantitative estimate of drug-likeness (QED) is 0.665. The maximum atomic E-state index is 12.3. The highest BCUT2D eigenvalue weighted by Gasteiger charge is 2.29. The van der Waals surface area contributed by atoms with E-state index in [-0.39, 0.29) is 18.2 Å². The number of fused-ring (bicyclic) bond motifs is 1.